The number of rotatable bonds is 2. The maximum Gasteiger partial charge on any atom is 0.243 e. The van der Waals surface area contributed by atoms with Crippen molar-refractivity contribution in [2.45, 2.75) is 23.8 Å². The van der Waals surface area contributed by atoms with Gasteiger partial charge in [-0.15, -0.1) is 0 Å². The fraction of sp³-hybridized carbons (Fsp3) is 0.357. The lowest BCUT2D eigenvalue weighted by atomic mass is 10.1. The third-order valence-electron chi connectivity index (χ3n) is 3.72. The first-order valence-electron chi connectivity index (χ1n) is 6.71. The van der Waals surface area contributed by atoms with Gasteiger partial charge in [0.05, 0.1) is 21.5 Å². The van der Waals surface area contributed by atoms with Crippen LogP contribution in [0.15, 0.2) is 35.4 Å². The Hall–Kier alpha value is -1.21. The average Bonchev–Trinajstić information content (AvgIpc) is 2.48. The fourth-order valence-electron chi connectivity index (χ4n) is 2.56. The highest BCUT2D eigenvalue weighted by Gasteiger charge is 2.30. The second-order valence-corrected chi connectivity index (χ2v) is 7.39. The highest BCUT2D eigenvalue weighted by molar-refractivity contribution is 7.89. The first kappa shape index (κ1) is 14.7. The minimum Gasteiger partial charge on any atom is -0.393 e. The van der Waals surface area contributed by atoms with Crippen LogP contribution in [-0.4, -0.2) is 42.0 Å². The van der Waals surface area contributed by atoms with E-state index in [1.807, 2.05) is 0 Å². The summed E-state index contributed by atoms with van der Waals surface area (Å²) >= 11 is 6.08. The molecule has 7 heteroatoms. The smallest absolute Gasteiger partial charge is 0.243 e. The Morgan fingerprint density at radius 3 is 2.67 bits per heavy atom. The van der Waals surface area contributed by atoms with E-state index in [2.05, 4.69) is 4.98 Å². The van der Waals surface area contributed by atoms with Gasteiger partial charge in [-0.2, -0.15) is 4.31 Å². The molecule has 2 heterocycles. The summed E-state index contributed by atoms with van der Waals surface area (Å²) in [7, 11) is -3.61. The number of aromatic nitrogens is 1. The molecule has 0 saturated carbocycles. The van der Waals surface area contributed by atoms with Crippen molar-refractivity contribution in [1.82, 2.24) is 9.29 Å². The van der Waals surface area contributed by atoms with Gasteiger partial charge in [0.2, 0.25) is 10.0 Å². The third-order valence-corrected chi connectivity index (χ3v) is 5.98. The predicted octanol–water partition coefficient (Wildman–Crippen LogP) is 2.03. The van der Waals surface area contributed by atoms with E-state index in [1.54, 1.807) is 24.4 Å². The standard InChI is InChI=1S/C14H15ClN2O3S/c15-12-3-4-13(11-2-1-7-16-14(11)12)21(19,20)17-8-5-10(18)6-9-17/h1-4,7,10,18H,5-6,8-9H2. The molecule has 1 aliphatic rings. The van der Waals surface area contributed by atoms with Gasteiger partial charge in [0.25, 0.3) is 0 Å². The SMILES string of the molecule is O=S(=O)(c1ccc(Cl)c2ncccc12)N1CCC(O)CC1. The van der Waals surface area contributed by atoms with Crippen LogP contribution in [0.3, 0.4) is 0 Å². The quantitative estimate of drug-likeness (QED) is 0.916. The monoisotopic (exact) mass is 326 g/mol. The molecule has 0 aliphatic carbocycles. The van der Waals surface area contributed by atoms with E-state index in [-0.39, 0.29) is 4.90 Å². The molecule has 2 aromatic rings. The van der Waals surface area contributed by atoms with Gasteiger partial charge in [-0.05, 0) is 37.1 Å². The van der Waals surface area contributed by atoms with E-state index in [0.29, 0.717) is 41.9 Å². The topological polar surface area (TPSA) is 70.5 Å². The van der Waals surface area contributed by atoms with Crippen LogP contribution in [0.1, 0.15) is 12.8 Å². The summed E-state index contributed by atoms with van der Waals surface area (Å²) in [5, 5.41) is 10.5. The van der Waals surface area contributed by atoms with E-state index in [1.165, 1.54) is 10.4 Å². The van der Waals surface area contributed by atoms with E-state index in [9.17, 15) is 13.5 Å². The second kappa shape index (κ2) is 5.53. The number of pyridine rings is 1. The summed E-state index contributed by atoms with van der Waals surface area (Å²) < 4.78 is 27.0. The maximum absolute atomic E-state index is 12.8. The van der Waals surface area contributed by atoms with Gasteiger partial charge >= 0.3 is 0 Å². The number of hydrogen-bond donors (Lipinski definition) is 1. The Labute approximate surface area is 128 Å². The van der Waals surface area contributed by atoms with E-state index >= 15 is 0 Å². The molecule has 1 aromatic carbocycles. The zero-order chi connectivity index (χ0) is 15.0. The van der Waals surface area contributed by atoms with Gasteiger partial charge in [0, 0.05) is 24.7 Å². The molecule has 0 bridgehead atoms. The summed E-state index contributed by atoms with van der Waals surface area (Å²) in [6, 6.07) is 6.48. The molecule has 1 fully saturated rings. The Morgan fingerprint density at radius 1 is 1.24 bits per heavy atom. The number of sulfonamides is 1. The number of aliphatic hydroxyl groups is 1. The maximum atomic E-state index is 12.8. The third kappa shape index (κ3) is 2.64. The summed E-state index contributed by atoms with van der Waals surface area (Å²) in [6.07, 6.45) is 2.09. The van der Waals surface area contributed by atoms with Crippen LogP contribution in [0.5, 0.6) is 0 Å². The van der Waals surface area contributed by atoms with Gasteiger partial charge in [0.15, 0.2) is 0 Å². The molecule has 0 spiro atoms. The van der Waals surface area contributed by atoms with Crippen molar-refractivity contribution in [1.29, 1.82) is 0 Å². The van der Waals surface area contributed by atoms with Gasteiger partial charge in [-0.25, -0.2) is 8.42 Å². The summed E-state index contributed by atoms with van der Waals surface area (Å²) in [5.41, 5.74) is 0.484. The van der Waals surface area contributed by atoms with E-state index in [0.717, 1.165) is 0 Å². The summed E-state index contributed by atoms with van der Waals surface area (Å²) in [6.45, 7) is 0.655. The van der Waals surface area contributed by atoms with Crippen molar-refractivity contribution in [3.63, 3.8) is 0 Å². The molecule has 1 N–H and O–H groups in total. The Balaban J connectivity index is 2.09. The van der Waals surface area contributed by atoms with Gasteiger partial charge in [0.1, 0.15) is 0 Å². The van der Waals surface area contributed by atoms with Crippen molar-refractivity contribution in [3.05, 3.63) is 35.5 Å². The van der Waals surface area contributed by atoms with Crippen molar-refractivity contribution in [3.8, 4) is 0 Å². The first-order chi connectivity index (χ1) is 10.00. The highest BCUT2D eigenvalue weighted by Crippen LogP contribution is 2.30. The molecular weight excluding hydrogens is 312 g/mol. The van der Waals surface area contributed by atoms with Crippen molar-refractivity contribution < 1.29 is 13.5 Å². The van der Waals surface area contributed by atoms with Crippen LogP contribution in [0.25, 0.3) is 10.9 Å². The molecule has 21 heavy (non-hydrogen) atoms. The lowest BCUT2D eigenvalue weighted by Crippen LogP contribution is -2.40. The second-order valence-electron chi connectivity index (χ2n) is 5.08. The summed E-state index contributed by atoms with van der Waals surface area (Å²) in [4.78, 5) is 4.37. The largest absolute Gasteiger partial charge is 0.393 e. The van der Waals surface area contributed by atoms with E-state index < -0.39 is 16.1 Å². The van der Waals surface area contributed by atoms with Crippen molar-refractivity contribution in [2.24, 2.45) is 0 Å². The minimum absolute atomic E-state index is 0.214. The fourth-order valence-corrected chi connectivity index (χ4v) is 4.42. The van der Waals surface area contributed by atoms with Crippen LogP contribution in [0.2, 0.25) is 5.02 Å². The molecule has 0 unspecified atom stereocenters. The lowest BCUT2D eigenvalue weighted by molar-refractivity contribution is 0.113. The van der Waals surface area contributed by atoms with E-state index in [4.69, 9.17) is 11.6 Å². The number of aliphatic hydroxyl groups excluding tert-OH is 1. The van der Waals surface area contributed by atoms with Crippen LogP contribution < -0.4 is 0 Å². The lowest BCUT2D eigenvalue weighted by Gasteiger charge is -2.29. The zero-order valence-electron chi connectivity index (χ0n) is 11.2. The zero-order valence-corrected chi connectivity index (χ0v) is 12.8. The minimum atomic E-state index is -3.61. The number of piperidine rings is 1. The number of halogens is 1. The number of fused-ring (bicyclic) bond motifs is 1. The van der Waals surface area contributed by atoms with Crippen molar-refractivity contribution in [2.75, 3.05) is 13.1 Å². The molecule has 0 radical (unpaired) electrons. The van der Waals surface area contributed by atoms with Crippen LogP contribution >= 0.6 is 11.6 Å². The Bertz CT molecular complexity index is 771. The average molecular weight is 327 g/mol. The molecule has 0 amide bonds. The number of nitrogens with zero attached hydrogens (tertiary/aromatic N) is 2. The van der Waals surface area contributed by atoms with Crippen LogP contribution in [0, 0.1) is 0 Å². The van der Waals surface area contributed by atoms with Crippen LogP contribution in [0.4, 0.5) is 0 Å². The molecule has 5 nitrogen and oxygen atoms in total. The Morgan fingerprint density at radius 2 is 1.95 bits per heavy atom. The number of hydrogen-bond acceptors (Lipinski definition) is 4. The molecule has 1 aromatic heterocycles. The highest BCUT2D eigenvalue weighted by atomic mass is 35.5. The Kier molecular flexibility index (Phi) is 3.88. The molecule has 1 aliphatic heterocycles. The molecule has 3 rings (SSSR count). The predicted molar refractivity (Wildman–Crippen MR) is 80.8 cm³/mol. The molecule has 1 saturated heterocycles. The van der Waals surface area contributed by atoms with Gasteiger partial charge < -0.3 is 5.11 Å². The summed E-state index contributed by atoms with van der Waals surface area (Å²) in [5.74, 6) is 0. The van der Waals surface area contributed by atoms with Gasteiger partial charge in [-0.1, -0.05) is 11.6 Å². The number of benzene rings is 1. The van der Waals surface area contributed by atoms with Crippen LogP contribution in [-0.2, 0) is 10.0 Å². The van der Waals surface area contributed by atoms with Crippen molar-refractivity contribution >= 4 is 32.5 Å². The molecular formula is C14H15ClN2O3S. The first-order valence-corrected chi connectivity index (χ1v) is 8.53. The normalized spacial score (nSPS) is 18.2. The molecule has 0 atom stereocenters. The molecule has 112 valence electrons. The van der Waals surface area contributed by atoms with Gasteiger partial charge in [-0.3, -0.25) is 4.98 Å².